The van der Waals surface area contributed by atoms with Crippen LogP contribution in [-0.2, 0) is 6.54 Å². The van der Waals surface area contributed by atoms with Crippen LogP contribution in [0, 0.1) is 0 Å². The summed E-state index contributed by atoms with van der Waals surface area (Å²) in [6, 6.07) is 14.8. The molecule has 2 N–H and O–H groups in total. The number of hydrogen-bond acceptors (Lipinski definition) is 5. The third kappa shape index (κ3) is 4.72. The SMILES string of the molecule is COc1cc(Nc2cncc(C(=O)NCc3ccccc3)c2)c(OC)cc1Cl. The molecule has 3 aromatic rings. The van der Waals surface area contributed by atoms with E-state index >= 15 is 0 Å². The number of benzene rings is 2. The molecule has 0 atom stereocenters. The predicted octanol–water partition coefficient (Wildman–Crippen LogP) is 4.43. The second-order valence-electron chi connectivity index (χ2n) is 5.94. The smallest absolute Gasteiger partial charge is 0.253 e. The molecule has 0 aliphatic carbocycles. The van der Waals surface area contributed by atoms with Crippen molar-refractivity contribution in [1.82, 2.24) is 10.3 Å². The molecule has 0 saturated heterocycles. The number of carbonyl (C=O) groups is 1. The van der Waals surface area contributed by atoms with E-state index in [0.717, 1.165) is 5.56 Å². The van der Waals surface area contributed by atoms with Crippen molar-refractivity contribution in [2.75, 3.05) is 19.5 Å². The van der Waals surface area contributed by atoms with Gasteiger partial charge in [-0.3, -0.25) is 9.78 Å². The Morgan fingerprint density at radius 3 is 2.50 bits per heavy atom. The summed E-state index contributed by atoms with van der Waals surface area (Å²) < 4.78 is 10.6. The van der Waals surface area contributed by atoms with E-state index in [9.17, 15) is 4.79 Å². The number of ether oxygens (including phenoxy) is 2. The highest BCUT2D eigenvalue weighted by atomic mass is 35.5. The molecular formula is C21H20ClN3O3. The van der Waals surface area contributed by atoms with E-state index in [-0.39, 0.29) is 5.91 Å². The van der Waals surface area contributed by atoms with Crippen molar-refractivity contribution in [3.05, 3.63) is 77.1 Å². The van der Waals surface area contributed by atoms with E-state index in [1.165, 1.54) is 13.3 Å². The number of halogens is 1. The van der Waals surface area contributed by atoms with Gasteiger partial charge in [0.05, 0.1) is 42.4 Å². The summed E-state index contributed by atoms with van der Waals surface area (Å²) in [6.45, 7) is 0.444. The lowest BCUT2D eigenvalue weighted by Crippen LogP contribution is -2.22. The molecule has 0 saturated carbocycles. The zero-order valence-electron chi connectivity index (χ0n) is 15.5. The average molecular weight is 398 g/mol. The Labute approximate surface area is 168 Å². The van der Waals surface area contributed by atoms with Crippen LogP contribution < -0.4 is 20.1 Å². The fraction of sp³-hybridized carbons (Fsp3) is 0.143. The highest BCUT2D eigenvalue weighted by molar-refractivity contribution is 6.32. The van der Waals surface area contributed by atoms with Gasteiger partial charge in [0.15, 0.2) is 0 Å². The number of anilines is 2. The molecule has 0 spiro atoms. The monoisotopic (exact) mass is 397 g/mol. The van der Waals surface area contributed by atoms with Crippen molar-refractivity contribution in [3.8, 4) is 11.5 Å². The standard InChI is InChI=1S/C21H20ClN3O3/c1-27-19-10-18(20(28-2)9-17(19)22)25-16-8-15(12-23-13-16)21(26)24-11-14-6-4-3-5-7-14/h3-10,12-13,25H,11H2,1-2H3,(H,24,26). The number of amides is 1. The first-order valence-electron chi connectivity index (χ1n) is 8.56. The molecule has 0 radical (unpaired) electrons. The lowest BCUT2D eigenvalue weighted by Gasteiger charge is -2.14. The summed E-state index contributed by atoms with van der Waals surface area (Å²) in [5.41, 5.74) is 2.75. The van der Waals surface area contributed by atoms with Gasteiger partial charge >= 0.3 is 0 Å². The molecule has 144 valence electrons. The number of methoxy groups -OCH3 is 2. The minimum atomic E-state index is -0.208. The molecule has 0 unspecified atom stereocenters. The summed E-state index contributed by atoms with van der Waals surface area (Å²) in [5.74, 6) is 0.847. The van der Waals surface area contributed by atoms with Crippen LogP contribution in [0.15, 0.2) is 60.9 Å². The third-order valence-electron chi connectivity index (χ3n) is 4.05. The topological polar surface area (TPSA) is 72.5 Å². The molecule has 0 bridgehead atoms. The maximum Gasteiger partial charge on any atom is 0.253 e. The molecule has 1 aromatic heterocycles. The Balaban J connectivity index is 1.75. The molecule has 0 aliphatic heterocycles. The van der Waals surface area contributed by atoms with Gasteiger partial charge in [-0.25, -0.2) is 0 Å². The number of nitrogens with zero attached hydrogens (tertiary/aromatic N) is 1. The normalized spacial score (nSPS) is 10.2. The van der Waals surface area contributed by atoms with Gasteiger partial charge in [0.25, 0.3) is 5.91 Å². The van der Waals surface area contributed by atoms with Gasteiger partial charge in [0.1, 0.15) is 11.5 Å². The molecule has 3 rings (SSSR count). The van der Waals surface area contributed by atoms with Gasteiger partial charge < -0.3 is 20.1 Å². The van der Waals surface area contributed by atoms with E-state index in [4.69, 9.17) is 21.1 Å². The van der Waals surface area contributed by atoms with Gasteiger partial charge in [-0.2, -0.15) is 0 Å². The van der Waals surface area contributed by atoms with E-state index in [0.29, 0.717) is 40.0 Å². The first-order valence-corrected chi connectivity index (χ1v) is 8.94. The highest BCUT2D eigenvalue weighted by Crippen LogP contribution is 2.37. The first-order chi connectivity index (χ1) is 13.6. The minimum Gasteiger partial charge on any atom is -0.495 e. The van der Waals surface area contributed by atoms with Crippen molar-refractivity contribution in [2.45, 2.75) is 6.54 Å². The lowest BCUT2D eigenvalue weighted by molar-refractivity contribution is 0.0950. The number of rotatable bonds is 7. The number of nitrogens with one attached hydrogen (secondary N) is 2. The zero-order chi connectivity index (χ0) is 19.9. The maximum atomic E-state index is 12.4. The van der Waals surface area contributed by atoms with Crippen LogP contribution in [0.2, 0.25) is 5.02 Å². The third-order valence-corrected chi connectivity index (χ3v) is 4.34. The van der Waals surface area contributed by atoms with Gasteiger partial charge in [-0.1, -0.05) is 41.9 Å². The Morgan fingerprint density at radius 2 is 1.79 bits per heavy atom. The summed E-state index contributed by atoms with van der Waals surface area (Å²) >= 11 is 6.14. The highest BCUT2D eigenvalue weighted by Gasteiger charge is 2.12. The van der Waals surface area contributed by atoms with E-state index in [1.807, 2.05) is 30.3 Å². The summed E-state index contributed by atoms with van der Waals surface area (Å²) in [6.07, 6.45) is 3.14. The van der Waals surface area contributed by atoms with Gasteiger partial charge in [-0.15, -0.1) is 0 Å². The van der Waals surface area contributed by atoms with Crippen LogP contribution in [0.5, 0.6) is 11.5 Å². The van der Waals surface area contributed by atoms with Crippen molar-refractivity contribution in [3.63, 3.8) is 0 Å². The van der Waals surface area contributed by atoms with Crippen LogP contribution in [0.3, 0.4) is 0 Å². The molecule has 2 aromatic carbocycles. The fourth-order valence-electron chi connectivity index (χ4n) is 2.63. The second-order valence-corrected chi connectivity index (χ2v) is 6.35. The Hall–Kier alpha value is -3.25. The van der Waals surface area contributed by atoms with Crippen LogP contribution in [0.25, 0.3) is 0 Å². The number of carbonyl (C=O) groups excluding carboxylic acids is 1. The quantitative estimate of drug-likeness (QED) is 0.617. The minimum absolute atomic E-state index is 0.208. The molecule has 6 nitrogen and oxygen atoms in total. The second kappa shape index (κ2) is 9.10. The summed E-state index contributed by atoms with van der Waals surface area (Å²) in [5, 5.41) is 6.52. The molecule has 28 heavy (non-hydrogen) atoms. The van der Waals surface area contributed by atoms with Gasteiger partial charge in [-0.05, 0) is 11.6 Å². The molecule has 7 heteroatoms. The largest absolute Gasteiger partial charge is 0.495 e. The Morgan fingerprint density at radius 1 is 1.04 bits per heavy atom. The number of pyridine rings is 1. The molecule has 0 aliphatic rings. The summed E-state index contributed by atoms with van der Waals surface area (Å²) in [4.78, 5) is 16.6. The van der Waals surface area contributed by atoms with Crippen molar-refractivity contribution in [1.29, 1.82) is 0 Å². The zero-order valence-corrected chi connectivity index (χ0v) is 16.3. The Bertz CT molecular complexity index is 964. The lowest BCUT2D eigenvalue weighted by atomic mass is 10.2. The van der Waals surface area contributed by atoms with Gasteiger partial charge in [0, 0.05) is 24.9 Å². The van der Waals surface area contributed by atoms with E-state index in [2.05, 4.69) is 15.6 Å². The van der Waals surface area contributed by atoms with Crippen LogP contribution >= 0.6 is 11.6 Å². The van der Waals surface area contributed by atoms with E-state index in [1.54, 1.807) is 31.5 Å². The Kier molecular flexibility index (Phi) is 6.34. The van der Waals surface area contributed by atoms with Crippen molar-refractivity contribution in [2.24, 2.45) is 0 Å². The fourth-order valence-corrected chi connectivity index (χ4v) is 2.86. The molecule has 0 fully saturated rings. The van der Waals surface area contributed by atoms with Crippen LogP contribution in [-0.4, -0.2) is 25.1 Å². The number of hydrogen-bond donors (Lipinski definition) is 2. The predicted molar refractivity (Wildman–Crippen MR) is 110 cm³/mol. The molecule has 1 heterocycles. The molecule has 1 amide bonds. The van der Waals surface area contributed by atoms with Gasteiger partial charge in [0.2, 0.25) is 0 Å². The first kappa shape index (κ1) is 19.5. The van der Waals surface area contributed by atoms with Crippen LogP contribution in [0.1, 0.15) is 15.9 Å². The maximum absolute atomic E-state index is 12.4. The molecular weight excluding hydrogens is 378 g/mol. The van der Waals surface area contributed by atoms with Crippen LogP contribution in [0.4, 0.5) is 11.4 Å². The van der Waals surface area contributed by atoms with Crippen molar-refractivity contribution >= 4 is 28.9 Å². The summed E-state index contributed by atoms with van der Waals surface area (Å²) in [7, 11) is 3.09. The number of aromatic nitrogens is 1. The van der Waals surface area contributed by atoms with E-state index < -0.39 is 0 Å². The van der Waals surface area contributed by atoms with Crippen molar-refractivity contribution < 1.29 is 14.3 Å². The average Bonchev–Trinajstić information content (AvgIpc) is 2.73.